The molecule has 0 aromatic heterocycles. The average molecular weight is 357 g/mol. The topological polar surface area (TPSA) is 43.4 Å². The first-order valence-electron chi connectivity index (χ1n) is 9.25. The highest BCUT2D eigenvalue weighted by atomic mass is 16.5. The zero-order valence-corrected chi connectivity index (χ0v) is 17.1. The van der Waals surface area contributed by atoms with Crippen LogP contribution in [0.4, 0.5) is 0 Å². The lowest BCUT2D eigenvalue weighted by atomic mass is 9.91. The van der Waals surface area contributed by atoms with E-state index in [0.29, 0.717) is 17.6 Å². The summed E-state index contributed by atoms with van der Waals surface area (Å²) < 4.78 is 5.02. The fourth-order valence-electron chi connectivity index (χ4n) is 2.77. The van der Waals surface area contributed by atoms with Crippen LogP contribution < -0.4 is 0 Å². The molecule has 0 unspecified atom stereocenters. The van der Waals surface area contributed by atoms with Crippen molar-refractivity contribution < 1.29 is 14.3 Å². The van der Waals surface area contributed by atoms with Gasteiger partial charge in [-0.1, -0.05) is 34.9 Å². The maximum Gasteiger partial charge on any atom is 0.224 e. The predicted octanol–water partition coefficient (Wildman–Crippen LogP) is 5.79. The maximum atomic E-state index is 12.3. The van der Waals surface area contributed by atoms with Gasteiger partial charge >= 0.3 is 0 Å². The van der Waals surface area contributed by atoms with Gasteiger partial charge in [-0.25, -0.2) is 0 Å². The van der Waals surface area contributed by atoms with Crippen LogP contribution >= 0.6 is 0 Å². The number of allylic oxidation sites excluding steroid dienone is 9. The van der Waals surface area contributed by atoms with E-state index in [0.717, 1.165) is 25.7 Å². The lowest BCUT2D eigenvalue weighted by Crippen LogP contribution is -2.19. The average Bonchev–Trinajstić information content (AvgIpc) is 2.57. The van der Waals surface area contributed by atoms with E-state index in [1.807, 2.05) is 0 Å². The number of Topliss-reactive ketones (excluding diaryl/α,β-unsaturated/α-hetero) is 1. The van der Waals surface area contributed by atoms with E-state index in [-0.39, 0.29) is 17.3 Å². The second kappa shape index (κ2) is 10.7. The van der Waals surface area contributed by atoms with Gasteiger partial charge in [0.2, 0.25) is 5.78 Å². The largest absolute Gasteiger partial charge is 0.493 e. The molecule has 0 spiro atoms. The van der Waals surface area contributed by atoms with Gasteiger partial charge in [0.05, 0.1) is 7.11 Å². The van der Waals surface area contributed by atoms with Crippen LogP contribution in [0.5, 0.6) is 0 Å². The fraction of sp³-hybridized carbons (Fsp3) is 0.478. The molecule has 0 aromatic carbocycles. The molecule has 0 N–H and O–H groups in total. The molecule has 1 rings (SSSR count). The van der Waals surface area contributed by atoms with Crippen molar-refractivity contribution in [1.82, 2.24) is 0 Å². The number of carbonyl (C=O) groups excluding carboxylic acids is 2. The number of methoxy groups -OCH3 is 1. The van der Waals surface area contributed by atoms with Gasteiger partial charge < -0.3 is 4.74 Å². The van der Waals surface area contributed by atoms with E-state index >= 15 is 0 Å². The summed E-state index contributed by atoms with van der Waals surface area (Å²) in [6.07, 6.45) is 12.5. The summed E-state index contributed by atoms with van der Waals surface area (Å²) in [5.41, 5.74) is 5.07. The molecule has 0 radical (unpaired) electrons. The monoisotopic (exact) mass is 356 g/mol. The van der Waals surface area contributed by atoms with Crippen molar-refractivity contribution in [3.05, 3.63) is 57.9 Å². The highest BCUT2D eigenvalue weighted by molar-refractivity contribution is 6.21. The number of carbonyl (C=O) groups is 2. The summed E-state index contributed by atoms with van der Waals surface area (Å²) in [5.74, 6) is -0.183. The van der Waals surface area contributed by atoms with Crippen molar-refractivity contribution >= 4 is 11.6 Å². The van der Waals surface area contributed by atoms with Crippen LogP contribution in [0.3, 0.4) is 0 Å². The number of hydrogen-bond acceptors (Lipinski definition) is 3. The van der Waals surface area contributed by atoms with Crippen LogP contribution in [0.25, 0.3) is 0 Å². The molecule has 142 valence electrons. The summed E-state index contributed by atoms with van der Waals surface area (Å²) in [6.45, 7) is 10.2. The summed E-state index contributed by atoms with van der Waals surface area (Å²) in [4.78, 5) is 24.3. The molecule has 3 heteroatoms. The van der Waals surface area contributed by atoms with Crippen molar-refractivity contribution in [3.63, 3.8) is 0 Å². The van der Waals surface area contributed by atoms with Crippen LogP contribution in [-0.4, -0.2) is 18.7 Å². The van der Waals surface area contributed by atoms with E-state index in [1.165, 1.54) is 29.9 Å². The maximum absolute atomic E-state index is 12.3. The second-order valence-electron chi connectivity index (χ2n) is 7.17. The number of ether oxygens (including phenoxy) is 1. The Hall–Kier alpha value is -2.16. The third-order valence-electron chi connectivity index (χ3n) is 4.58. The smallest absolute Gasteiger partial charge is 0.224 e. The van der Waals surface area contributed by atoms with Crippen molar-refractivity contribution in [1.29, 1.82) is 0 Å². The number of ketones is 2. The Labute approximate surface area is 158 Å². The van der Waals surface area contributed by atoms with E-state index in [2.05, 4.69) is 45.9 Å². The zero-order valence-electron chi connectivity index (χ0n) is 17.1. The summed E-state index contributed by atoms with van der Waals surface area (Å²) in [6, 6.07) is 0. The molecule has 0 aromatic rings. The van der Waals surface area contributed by atoms with Crippen LogP contribution in [0.2, 0.25) is 0 Å². The predicted molar refractivity (Wildman–Crippen MR) is 108 cm³/mol. The van der Waals surface area contributed by atoms with Crippen LogP contribution in [0, 0.1) is 0 Å². The van der Waals surface area contributed by atoms with E-state index in [9.17, 15) is 9.59 Å². The Morgan fingerprint density at radius 3 is 2.12 bits per heavy atom. The Balaban J connectivity index is 2.58. The molecule has 0 bridgehead atoms. The van der Waals surface area contributed by atoms with Gasteiger partial charge in [0.1, 0.15) is 0 Å². The molecule has 1 aliphatic rings. The van der Waals surface area contributed by atoms with Gasteiger partial charge in [0, 0.05) is 17.2 Å². The SMILES string of the molecule is COC1=CC(=O)C(C)=C(C/C=C(\C)CC/C=C(\C)CCC=C(C)C)C1=O. The highest BCUT2D eigenvalue weighted by Crippen LogP contribution is 2.23. The van der Waals surface area contributed by atoms with Gasteiger partial charge in [-0.15, -0.1) is 0 Å². The van der Waals surface area contributed by atoms with Crippen LogP contribution in [-0.2, 0) is 14.3 Å². The first kappa shape index (κ1) is 21.9. The Morgan fingerprint density at radius 1 is 0.962 bits per heavy atom. The molecule has 3 nitrogen and oxygen atoms in total. The van der Waals surface area contributed by atoms with E-state index in [1.54, 1.807) is 6.92 Å². The lowest BCUT2D eigenvalue weighted by molar-refractivity contribution is -0.118. The van der Waals surface area contributed by atoms with Gasteiger partial charge in [-0.2, -0.15) is 0 Å². The number of hydrogen-bond donors (Lipinski definition) is 0. The molecule has 0 saturated carbocycles. The zero-order chi connectivity index (χ0) is 19.7. The van der Waals surface area contributed by atoms with E-state index in [4.69, 9.17) is 4.74 Å². The third kappa shape index (κ3) is 6.99. The van der Waals surface area contributed by atoms with Gasteiger partial charge in [0.15, 0.2) is 11.5 Å². The second-order valence-corrected chi connectivity index (χ2v) is 7.17. The van der Waals surface area contributed by atoms with Crippen molar-refractivity contribution in [2.45, 2.75) is 66.7 Å². The Bertz CT molecular complexity index is 693. The van der Waals surface area contributed by atoms with Gasteiger partial charge in [-0.3, -0.25) is 9.59 Å². The van der Waals surface area contributed by atoms with Crippen molar-refractivity contribution in [3.8, 4) is 0 Å². The molecular weight excluding hydrogens is 324 g/mol. The summed E-state index contributed by atoms with van der Waals surface area (Å²) in [5, 5.41) is 0. The summed E-state index contributed by atoms with van der Waals surface area (Å²) in [7, 11) is 1.42. The summed E-state index contributed by atoms with van der Waals surface area (Å²) >= 11 is 0. The standard InChI is InChI=1S/C23H32O3/c1-16(2)9-7-10-17(3)11-8-12-18(4)13-14-20-19(5)21(24)15-22(26-6)23(20)25/h9,11,13,15H,7-8,10,12,14H2,1-6H3/b17-11+,18-13+. The van der Waals surface area contributed by atoms with Crippen LogP contribution in [0.1, 0.15) is 66.7 Å². The Kier molecular flexibility index (Phi) is 9.04. The van der Waals surface area contributed by atoms with Crippen molar-refractivity contribution in [2.75, 3.05) is 7.11 Å². The first-order valence-corrected chi connectivity index (χ1v) is 9.25. The molecule has 1 aliphatic carbocycles. The lowest BCUT2D eigenvalue weighted by Gasteiger charge is -2.15. The van der Waals surface area contributed by atoms with Gasteiger partial charge in [-0.05, 0) is 66.7 Å². The quantitative estimate of drug-likeness (QED) is 0.388. The molecule has 0 saturated heterocycles. The normalized spacial score (nSPS) is 16.0. The van der Waals surface area contributed by atoms with Gasteiger partial charge in [0.25, 0.3) is 0 Å². The molecule has 0 atom stereocenters. The van der Waals surface area contributed by atoms with Crippen LogP contribution in [0.15, 0.2) is 57.9 Å². The molecular formula is C23H32O3. The van der Waals surface area contributed by atoms with Crippen molar-refractivity contribution in [2.24, 2.45) is 0 Å². The fourth-order valence-corrected chi connectivity index (χ4v) is 2.77. The Morgan fingerprint density at radius 2 is 1.54 bits per heavy atom. The minimum atomic E-state index is -0.177. The van der Waals surface area contributed by atoms with E-state index < -0.39 is 0 Å². The molecule has 26 heavy (non-hydrogen) atoms. The first-order chi connectivity index (χ1) is 12.3. The third-order valence-corrected chi connectivity index (χ3v) is 4.58. The molecule has 0 fully saturated rings. The highest BCUT2D eigenvalue weighted by Gasteiger charge is 2.25. The minimum absolute atomic E-state index is 0.136. The number of rotatable bonds is 9. The molecule has 0 amide bonds. The minimum Gasteiger partial charge on any atom is -0.493 e. The molecule has 0 heterocycles. The molecule has 0 aliphatic heterocycles.